The van der Waals surface area contributed by atoms with Crippen LogP contribution in [0, 0.1) is 6.92 Å². The maximum Gasteiger partial charge on any atom is 0.586 e. The average Bonchev–Trinajstić information content (AvgIpc) is 3.57. The van der Waals surface area contributed by atoms with Crippen molar-refractivity contribution in [3.8, 4) is 28.4 Å². The molecule has 2 heterocycles. The minimum Gasteiger partial charge on any atom is -0.478 e. The van der Waals surface area contributed by atoms with E-state index in [9.17, 15) is 18.7 Å². The molecule has 0 saturated heterocycles. The number of alkyl halides is 2. The van der Waals surface area contributed by atoms with E-state index in [0.717, 1.165) is 35.1 Å². The monoisotopic (exact) mass is 452 g/mol. The molecule has 9 heteroatoms. The Morgan fingerprint density at radius 1 is 1.12 bits per heavy atom. The van der Waals surface area contributed by atoms with Gasteiger partial charge in [-0.05, 0) is 72.4 Å². The molecule has 1 aromatic heterocycles. The first-order valence-corrected chi connectivity index (χ1v) is 10.1. The lowest BCUT2D eigenvalue weighted by molar-refractivity contribution is -0.286. The molecule has 2 N–H and O–H groups in total. The number of anilines is 1. The normalized spacial score (nSPS) is 15.2. The van der Waals surface area contributed by atoms with E-state index in [0.29, 0.717) is 17.5 Å². The number of nitrogens with zero attached hydrogens (tertiary/aromatic N) is 1. The second-order valence-electron chi connectivity index (χ2n) is 7.71. The molecule has 1 fully saturated rings. The van der Waals surface area contributed by atoms with Crippen LogP contribution in [0.15, 0.2) is 66.2 Å². The number of carboxylic acids is 1. The molecule has 168 valence electrons. The molecular weight excluding hydrogens is 434 g/mol. The molecule has 0 spiro atoms. The lowest BCUT2D eigenvalue weighted by Gasteiger charge is -2.14. The number of pyridine rings is 1. The first-order chi connectivity index (χ1) is 15.8. The van der Waals surface area contributed by atoms with Crippen LogP contribution in [0.2, 0.25) is 0 Å². The molecule has 1 aliphatic carbocycles. The van der Waals surface area contributed by atoms with Crippen LogP contribution in [0.1, 0.15) is 28.8 Å². The lowest BCUT2D eigenvalue weighted by atomic mass is 10.0. The molecule has 3 aromatic rings. The van der Waals surface area contributed by atoms with Crippen LogP contribution >= 0.6 is 0 Å². The third-order valence-electron chi connectivity index (χ3n) is 5.18. The Morgan fingerprint density at radius 2 is 1.91 bits per heavy atom. The Hall–Kier alpha value is -4.14. The third kappa shape index (κ3) is 4.43. The van der Waals surface area contributed by atoms with Crippen molar-refractivity contribution in [1.82, 2.24) is 4.98 Å². The fourth-order valence-electron chi connectivity index (χ4n) is 3.43. The molecule has 2 aromatic carbocycles. The number of hydrogen-bond acceptors (Lipinski definition) is 6. The molecule has 5 rings (SSSR count). The number of halogens is 2. The van der Waals surface area contributed by atoms with Gasteiger partial charge in [0.1, 0.15) is 11.6 Å². The molecule has 0 unspecified atom stereocenters. The summed E-state index contributed by atoms with van der Waals surface area (Å²) in [5, 5.41) is 12.4. The summed E-state index contributed by atoms with van der Waals surface area (Å²) in [6.45, 7) is 1.89. The standard InChI is InChI=1S/C24H18F2N2O5/c1-13-12-27-21(11-18(13)15-3-2-4-16(9-15)23(29)30)28-22(14-5-6-14)31-17-7-8-19-20(10-17)33-24(25,26)32-19/h2-4,7-12H,5-6H2,1H3,(H,27,28)(H,29,30). The van der Waals surface area contributed by atoms with Gasteiger partial charge in [0.25, 0.3) is 0 Å². The van der Waals surface area contributed by atoms with Gasteiger partial charge in [0, 0.05) is 12.3 Å². The number of fused-ring (bicyclic) bond motifs is 1. The van der Waals surface area contributed by atoms with E-state index in [4.69, 9.17) is 4.74 Å². The fraction of sp³-hybridized carbons (Fsp3) is 0.167. The number of rotatable bonds is 6. The highest BCUT2D eigenvalue weighted by molar-refractivity contribution is 5.89. The van der Waals surface area contributed by atoms with E-state index in [-0.39, 0.29) is 17.1 Å². The zero-order chi connectivity index (χ0) is 23.2. The Labute approximate surface area is 187 Å². The summed E-state index contributed by atoms with van der Waals surface area (Å²) in [7, 11) is 0. The van der Waals surface area contributed by atoms with Crippen LogP contribution in [0.4, 0.5) is 14.6 Å². The molecule has 0 bridgehead atoms. The van der Waals surface area contributed by atoms with E-state index >= 15 is 0 Å². The summed E-state index contributed by atoms with van der Waals surface area (Å²) >= 11 is 0. The van der Waals surface area contributed by atoms with E-state index < -0.39 is 12.3 Å². The molecule has 0 radical (unpaired) electrons. The quantitative estimate of drug-likeness (QED) is 0.473. The van der Waals surface area contributed by atoms with Crippen LogP contribution < -0.4 is 19.5 Å². The van der Waals surface area contributed by atoms with Crippen molar-refractivity contribution < 1.29 is 32.9 Å². The third-order valence-corrected chi connectivity index (χ3v) is 5.18. The number of hydrogen-bond donors (Lipinski definition) is 2. The van der Waals surface area contributed by atoms with Crippen molar-refractivity contribution in [2.75, 3.05) is 5.32 Å². The van der Waals surface area contributed by atoms with Crippen molar-refractivity contribution in [2.24, 2.45) is 0 Å². The Kier molecular flexibility index (Phi) is 4.88. The number of carboxylic acid groups (broad SMARTS) is 1. The maximum atomic E-state index is 13.3. The summed E-state index contributed by atoms with van der Waals surface area (Å²) < 4.78 is 41.4. The highest BCUT2D eigenvalue weighted by atomic mass is 19.3. The van der Waals surface area contributed by atoms with Crippen LogP contribution in [0.25, 0.3) is 11.1 Å². The summed E-state index contributed by atoms with van der Waals surface area (Å²) in [5.74, 6) is 0.0947. The van der Waals surface area contributed by atoms with Gasteiger partial charge in [-0.15, -0.1) is 8.78 Å². The second kappa shape index (κ2) is 7.77. The summed E-state index contributed by atoms with van der Waals surface area (Å²) in [6.07, 6.45) is -0.339. The smallest absolute Gasteiger partial charge is 0.478 e. The minimum atomic E-state index is -3.70. The Bertz CT molecular complexity index is 1300. The van der Waals surface area contributed by atoms with Crippen LogP contribution in [0.3, 0.4) is 0 Å². The fourth-order valence-corrected chi connectivity index (χ4v) is 3.43. The highest BCUT2D eigenvalue weighted by Gasteiger charge is 2.43. The van der Waals surface area contributed by atoms with Crippen molar-refractivity contribution in [2.45, 2.75) is 26.1 Å². The zero-order valence-electron chi connectivity index (χ0n) is 17.4. The zero-order valence-corrected chi connectivity index (χ0v) is 17.4. The highest BCUT2D eigenvalue weighted by Crippen LogP contribution is 2.43. The van der Waals surface area contributed by atoms with Crippen molar-refractivity contribution >= 4 is 11.8 Å². The van der Waals surface area contributed by atoms with Gasteiger partial charge in [-0.3, -0.25) is 0 Å². The number of carbonyl (C=O) groups is 1. The Morgan fingerprint density at radius 3 is 2.67 bits per heavy atom. The number of aromatic nitrogens is 1. The lowest BCUT2D eigenvalue weighted by Crippen LogP contribution is -2.25. The van der Waals surface area contributed by atoms with E-state index in [1.165, 1.54) is 24.3 Å². The molecule has 2 aliphatic rings. The first kappa shape index (κ1) is 20.7. The second-order valence-corrected chi connectivity index (χ2v) is 7.71. The minimum absolute atomic E-state index is 0.0608. The van der Waals surface area contributed by atoms with Gasteiger partial charge < -0.3 is 24.6 Å². The van der Waals surface area contributed by atoms with Gasteiger partial charge in [-0.1, -0.05) is 12.1 Å². The predicted octanol–water partition coefficient (Wildman–Crippen LogP) is 5.57. The summed E-state index contributed by atoms with van der Waals surface area (Å²) in [6, 6.07) is 12.7. The van der Waals surface area contributed by atoms with Gasteiger partial charge in [0.05, 0.1) is 5.56 Å². The van der Waals surface area contributed by atoms with Crippen LogP contribution in [-0.2, 0) is 0 Å². The number of nitrogens with one attached hydrogen (secondary N) is 1. The number of aromatic carboxylic acids is 1. The molecule has 1 aliphatic heterocycles. The number of aryl methyl sites for hydroxylation is 1. The molecular formula is C24H18F2N2O5. The van der Waals surface area contributed by atoms with Gasteiger partial charge in [-0.25, -0.2) is 9.78 Å². The van der Waals surface area contributed by atoms with Gasteiger partial charge in [0.15, 0.2) is 17.4 Å². The maximum absolute atomic E-state index is 13.3. The van der Waals surface area contributed by atoms with E-state index in [1.54, 1.807) is 18.3 Å². The number of benzene rings is 2. The molecule has 7 nitrogen and oxygen atoms in total. The number of allylic oxidation sites excluding steroid dienone is 1. The average molecular weight is 452 g/mol. The van der Waals surface area contributed by atoms with Crippen molar-refractivity contribution in [3.05, 3.63) is 77.3 Å². The van der Waals surface area contributed by atoms with Crippen molar-refractivity contribution in [3.63, 3.8) is 0 Å². The van der Waals surface area contributed by atoms with E-state index in [1.807, 2.05) is 19.1 Å². The summed E-state index contributed by atoms with van der Waals surface area (Å²) in [5.41, 5.74) is 3.66. The molecule has 0 amide bonds. The van der Waals surface area contributed by atoms with E-state index in [2.05, 4.69) is 19.8 Å². The molecule has 0 atom stereocenters. The van der Waals surface area contributed by atoms with Gasteiger partial charge >= 0.3 is 12.3 Å². The summed E-state index contributed by atoms with van der Waals surface area (Å²) in [4.78, 5) is 15.7. The van der Waals surface area contributed by atoms with Crippen LogP contribution in [0.5, 0.6) is 17.2 Å². The van der Waals surface area contributed by atoms with Gasteiger partial charge in [0.2, 0.25) is 0 Å². The largest absolute Gasteiger partial charge is 0.586 e. The molecule has 1 saturated carbocycles. The van der Waals surface area contributed by atoms with Crippen molar-refractivity contribution in [1.29, 1.82) is 0 Å². The topological polar surface area (TPSA) is 89.9 Å². The van der Waals surface area contributed by atoms with Gasteiger partial charge in [-0.2, -0.15) is 0 Å². The first-order valence-electron chi connectivity index (χ1n) is 10.1. The van der Waals surface area contributed by atoms with Crippen LogP contribution in [-0.4, -0.2) is 22.4 Å². The SMILES string of the molecule is Cc1cnc(NC(Oc2ccc3c(c2)OC(F)(F)O3)=C2CC2)cc1-c1cccc(C(=O)O)c1. The predicted molar refractivity (Wildman–Crippen MR) is 115 cm³/mol. The molecule has 33 heavy (non-hydrogen) atoms. The number of ether oxygens (including phenoxy) is 3. The Balaban J connectivity index is 1.40.